The van der Waals surface area contributed by atoms with E-state index in [9.17, 15) is 5.21 Å². The molecule has 1 aromatic heterocycles. The summed E-state index contributed by atoms with van der Waals surface area (Å²) in [6.45, 7) is 1.90. The molecule has 2 nitrogen and oxygen atoms in total. The highest BCUT2D eigenvalue weighted by molar-refractivity contribution is 5.81. The molecule has 1 N–H and O–H groups in total. The van der Waals surface area contributed by atoms with E-state index in [1.54, 1.807) is 0 Å². The minimum atomic E-state index is 0.830. The Bertz CT molecular complexity index is 403. The number of benzene rings is 1. The fourth-order valence-electron chi connectivity index (χ4n) is 1.37. The smallest absolute Gasteiger partial charge is 0.0868 e. The van der Waals surface area contributed by atoms with Crippen molar-refractivity contribution in [2.24, 2.45) is 0 Å². The van der Waals surface area contributed by atoms with Crippen LogP contribution < -0.4 is 0 Å². The molecule has 12 heavy (non-hydrogen) atoms. The normalized spacial score (nSPS) is 10.8. The average molecular weight is 160 g/mol. The van der Waals surface area contributed by atoms with Crippen LogP contribution in [-0.4, -0.2) is 9.94 Å². The van der Waals surface area contributed by atoms with Crippen LogP contribution >= 0.6 is 0 Å². The molecule has 0 bridgehead atoms. The largest absolute Gasteiger partial charge is 0.428 e. The molecule has 0 unspecified atom stereocenters. The number of nitrogens with zero attached hydrogens (tertiary/aromatic N) is 1. The first kappa shape index (κ1) is 7.22. The summed E-state index contributed by atoms with van der Waals surface area (Å²) in [6.07, 6.45) is 1.88. The first-order valence-corrected chi connectivity index (χ1v) is 3.92. The van der Waals surface area contributed by atoms with Crippen LogP contribution in [0.3, 0.4) is 0 Å². The van der Waals surface area contributed by atoms with Gasteiger partial charge < -0.3 is 5.21 Å². The van der Waals surface area contributed by atoms with Crippen molar-refractivity contribution >= 4 is 10.9 Å². The number of hydrogen-bond acceptors (Lipinski definition) is 1. The van der Waals surface area contributed by atoms with Crippen molar-refractivity contribution < 1.29 is 5.21 Å². The molecule has 2 aromatic rings. The van der Waals surface area contributed by atoms with Crippen LogP contribution in [0.4, 0.5) is 0 Å². The lowest BCUT2D eigenvalue weighted by molar-refractivity contribution is 0.195. The van der Waals surface area contributed by atoms with Gasteiger partial charge in [0, 0.05) is 11.8 Å². The third kappa shape index (κ3) is 0.881. The van der Waals surface area contributed by atoms with E-state index in [2.05, 4.69) is 0 Å². The molecule has 0 fully saturated rings. The molecule has 2 heteroatoms. The Balaban J connectivity index is 2.78. The third-order valence-electron chi connectivity index (χ3n) is 2.01. The molecular weight excluding hydrogens is 150 g/mol. The van der Waals surface area contributed by atoms with Crippen LogP contribution in [0.5, 0.6) is 0 Å². The topological polar surface area (TPSA) is 25.2 Å². The molecule has 1 heterocycles. The van der Waals surface area contributed by atoms with Crippen molar-refractivity contribution in [3.63, 3.8) is 0 Å². The molecule has 0 saturated carbocycles. The molecule has 0 spiro atoms. The Kier molecular flexibility index (Phi) is 1.54. The maximum atomic E-state index is 9.57. The zero-order valence-electron chi connectivity index (χ0n) is 6.86. The van der Waals surface area contributed by atoms with Gasteiger partial charge in [0.25, 0.3) is 0 Å². The fourth-order valence-corrected chi connectivity index (χ4v) is 1.37. The first-order valence-electron chi connectivity index (χ1n) is 3.92. The lowest BCUT2D eigenvalue weighted by Crippen LogP contribution is -1.93. The molecule has 0 aliphatic heterocycles. The standard InChI is InChI=1S/C10H10NO/c1-2-9-7-8-5-3-4-6-10(8)11(9)12/h2-7,12H,1H3. The lowest BCUT2D eigenvalue weighted by Gasteiger charge is -1.97. The van der Waals surface area contributed by atoms with E-state index in [1.807, 2.05) is 43.7 Å². The second kappa shape index (κ2) is 2.55. The van der Waals surface area contributed by atoms with Crippen LogP contribution in [0, 0.1) is 6.42 Å². The predicted molar refractivity (Wildman–Crippen MR) is 48.2 cm³/mol. The van der Waals surface area contributed by atoms with E-state index >= 15 is 0 Å². The number of rotatable bonds is 1. The lowest BCUT2D eigenvalue weighted by atomic mass is 10.2. The van der Waals surface area contributed by atoms with Gasteiger partial charge in [-0.2, -0.15) is 4.73 Å². The number of para-hydroxylation sites is 1. The van der Waals surface area contributed by atoms with Gasteiger partial charge in [0.15, 0.2) is 0 Å². The van der Waals surface area contributed by atoms with Crippen molar-refractivity contribution in [1.29, 1.82) is 0 Å². The summed E-state index contributed by atoms with van der Waals surface area (Å²) in [6, 6.07) is 9.70. The van der Waals surface area contributed by atoms with Gasteiger partial charge in [-0.05, 0) is 12.1 Å². The van der Waals surface area contributed by atoms with Crippen LogP contribution in [0.2, 0.25) is 0 Å². The second-order valence-electron chi connectivity index (χ2n) is 2.73. The molecule has 0 aliphatic rings. The van der Waals surface area contributed by atoms with E-state index in [4.69, 9.17) is 0 Å². The van der Waals surface area contributed by atoms with Crippen LogP contribution in [0.25, 0.3) is 10.9 Å². The van der Waals surface area contributed by atoms with E-state index in [0.29, 0.717) is 0 Å². The fraction of sp³-hybridized carbons (Fsp3) is 0.100. The van der Waals surface area contributed by atoms with Crippen LogP contribution in [-0.2, 0) is 0 Å². The zero-order chi connectivity index (χ0) is 8.55. The average Bonchev–Trinajstić information content (AvgIpc) is 2.44. The summed E-state index contributed by atoms with van der Waals surface area (Å²) in [5.41, 5.74) is 1.68. The minimum Gasteiger partial charge on any atom is -0.428 e. The van der Waals surface area contributed by atoms with E-state index in [-0.39, 0.29) is 0 Å². The van der Waals surface area contributed by atoms with Gasteiger partial charge in [0.1, 0.15) is 0 Å². The Morgan fingerprint density at radius 3 is 2.75 bits per heavy atom. The molecule has 0 saturated heterocycles. The second-order valence-corrected chi connectivity index (χ2v) is 2.73. The van der Waals surface area contributed by atoms with E-state index < -0.39 is 0 Å². The Morgan fingerprint density at radius 1 is 1.33 bits per heavy atom. The van der Waals surface area contributed by atoms with E-state index in [1.165, 1.54) is 4.73 Å². The summed E-state index contributed by atoms with van der Waals surface area (Å²) in [5.74, 6) is 0. The molecule has 1 radical (unpaired) electrons. The van der Waals surface area contributed by atoms with Gasteiger partial charge in [0.05, 0.1) is 11.2 Å². The van der Waals surface area contributed by atoms with Crippen LogP contribution in [0.15, 0.2) is 30.3 Å². The summed E-state index contributed by atoms with van der Waals surface area (Å²) in [4.78, 5) is 0. The van der Waals surface area contributed by atoms with Crippen molar-refractivity contribution in [3.8, 4) is 0 Å². The summed E-state index contributed by atoms with van der Waals surface area (Å²) >= 11 is 0. The molecular formula is C10H10NO. The Labute approximate surface area is 71.0 Å². The van der Waals surface area contributed by atoms with Gasteiger partial charge in [-0.1, -0.05) is 25.1 Å². The summed E-state index contributed by atoms with van der Waals surface area (Å²) < 4.78 is 1.20. The highest BCUT2D eigenvalue weighted by Gasteiger charge is 2.03. The molecule has 0 aliphatic carbocycles. The highest BCUT2D eigenvalue weighted by atomic mass is 16.5. The number of hydrogen-bond donors (Lipinski definition) is 1. The zero-order valence-corrected chi connectivity index (χ0v) is 6.86. The molecule has 2 rings (SSSR count). The highest BCUT2D eigenvalue weighted by Crippen LogP contribution is 2.18. The van der Waals surface area contributed by atoms with Gasteiger partial charge in [0.2, 0.25) is 0 Å². The third-order valence-corrected chi connectivity index (χ3v) is 2.01. The Hall–Kier alpha value is -1.44. The van der Waals surface area contributed by atoms with Crippen molar-refractivity contribution in [2.45, 2.75) is 6.92 Å². The molecule has 0 atom stereocenters. The monoisotopic (exact) mass is 160 g/mol. The van der Waals surface area contributed by atoms with Gasteiger partial charge in [-0.25, -0.2) is 0 Å². The molecule has 61 valence electrons. The van der Waals surface area contributed by atoms with Gasteiger partial charge in [-0.3, -0.25) is 0 Å². The van der Waals surface area contributed by atoms with Crippen molar-refractivity contribution in [2.75, 3.05) is 0 Å². The predicted octanol–water partition coefficient (Wildman–Crippen LogP) is 2.45. The molecule has 0 amide bonds. The van der Waals surface area contributed by atoms with Crippen LogP contribution in [0.1, 0.15) is 12.6 Å². The quantitative estimate of drug-likeness (QED) is 0.637. The summed E-state index contributed by atoms with van der Waals surface area (Å²) in [5, 5.41) is 10.6. The van der Waals surface area contributed by atoms with Gasteiger partial charge >= 0.3 is 0 Å². The SMILES string of the molecule is C[CH]c1cc2ccccc2n1O. The number of aromatic nitrogens is 1. The molecule has 1 aromatic carbocycles. The number of fused-ring (bicyclic) bond motifs is 1. The Morgan fingerprint density at radius 2 is 2.08 bits per heavy atom. The van der Waals surface area contributed by atoms with E-state index in [0.717, 1.165) is 16.6 Å². The first-order chi connectivity index (χ1) is 5.83. The maximum absolute atomic E-state index is 9.57. The van der Waals surface area contributed by atoms with Gasteiger partial charge in [-0.15, -0.1) is 0 Å². The summed E-state index contributed by atoms with van der Waals surface area (Å²) in [7, 11) is 0. The van der Waals surface area contributed by atoms with Crippen molar-refractivity contribution in [1.82, 2.24) is 4.73 Å². The minimum absolute atomic E-state index is 0.830. The maximum Gasteiger partial charge on any atom is 0.0868 e. The van der Waals surface area contributed by atoms with Crippen molar-refractivity contribution in [3.05, 3.63) is 42.4 Å².